The highest BCUT2D eigenvalue weighted by molar-refractivity contribution is 7.80. The maximum atomic E-state index is 12.9. The number of rotatable bonds is 1. The number of nitrogens with two attached hydrogens (primary N) is 1. The molecule has 0 aliphatic carbocycles. The van der Waals surface area contributed by atoms with E-state index in [1.807, 2.05) is 0 Å². The molecule has 0 bridgehead atoms. The van der Waals surface area contributed by atoms with E-state index in [1.165, 1.54) is 6.92 Å². The van der Waals surface area contributed by atoms with Gasteiger partial charge in [-0.15, -0.1) is 0 Å². The molecule has 0 unspecified atom stereocenters. The van der Waals surface area contributed by atoms with Gasteiger partial charge in [-0.05, 0) is 24.6 Å². The van der Waals surface area contributed by atoms with E-state index in [-0.39, 0.29) is 16.1 Å². The van der Waals surface area contributed by atoms with Gasteiger partial charge in [0.1, 0.15) is 16.6 Å². The molecule has 12 heavy (non-hydrogen) atoms. The minimum Gasteiger partial charge on any atom is -0.389 e. The lowest BCUT2D eigenvalue weighted by molar-refractivity contribution is 0.590. The molecule has 0 amide bonds. The second-order valence-corrected chi connectivity index (χ2v) is 2.89. The van der Waals surface area contributed by atoms with Crippen LogP contribution < -0.4 is 5.73 Å². The molecule has 0 saturated carbocycles. The van der Waals surface area contributed by atoms with Crippen LogP contribution in [0, 0.1) is 18.6 Å². The minimum atomic E-state index is -0.582. The number of hydrogen-bond donors (Lipinski definition) is 1. The van der Waals surface area contributed by atoms with Gasteiger partial charge in [0, 0.05) is 5.56 Å². The van der Waals surface area contributed by atoms with E-state index < -0.39 is 11.6 Å². The molecule has 0 heterocycles. The first-order chi connectivity index (χ1) is 5.52. The molecule has 1 aromatic rings. The Balaban J connectivity index is 3.33. The fraction of sp³-hybridized carbons (Fsp3) is 0.125. The quantitative estimate of drug-likeness (QED) is 0.679. The van der Waals surface area contributed by atoms with E-state index in [0.717, 1.165) is 12.1 Å². The fourth-order valence-corrected chi connectivity index (χ4v) is 0.992. The summed E-state index contributed by atoms with van der Waals surface area (Å²) < 4.78 is 25.8. The Morgan fingerprint density at radius 2 is 1.92 bits per heavy atom. The molecular weight excluding hydrogens is 180 g/mol. The molecule has 0 aliphatic heterocycles. The Morgan fingerprint density at radius 3 is 2.42 bits per heavy atom. The van der Waals surface area contributed by atoms with Crippen molar-refractivity contribution >= 4 is 17.2 Å². The highest BCUT2D eigenvalue weighted by atomic mass is 32.1. The lowest BCUT2D eigenvalue weighted by Crippen LogP contribution is -2.12. The Labute approximate surface area is 74.2 Å². The van der Waals surface area contributed by atoms with Crippen LogP contribution in [-0.4, -0.2) is 4.99 Å². The van der Waals surface area contributed by atoms with Gasteiger partial charge in [-0.2, -0.15) is 0 Å². The topological polar surface area (TPSA) is 26.0 Å². The SMILES string of the molecule is Cc1cc(F)c(C(N)=S)cc1F. The third-order valence-electron chi connectivity index (χ3n) is 1.51. The van der Waals surface area contributed by atoms with Crippen LogP contribution in [0.2, 0.25) is 0 Å². The number of hydrogen-bond acceptors (Lipinski definition) is 1. The lowest BCUT2D eigenvalue weighted by atomic mass is 10.1. The molecule has 0 aromatic heterocycles. The van der Waals surface area contributed by atoms with Gasteiger partial charge in [-0.25, -0.2) is 8.78 Å². The van der Waals surface area contributed by atoms with Crippen LogP contribution in [0.15, 0.2) is 12.1 Å². The molecule has 2 N–H and O–H groups in total. The van der Waals surface area contributed by atoms with Crippen molar-refractivity contribution in [3.63, 3.8) is 0 Å². The van der Waals surface area contributed by atoms with Crippen LogP contribution in [0.5, 0.6) is 0 Å². The van der Waals surface area contributed by atoms with Crippen LogP contribution in [0.4, 0.5) is 8.78 Å². The van der Waals surface area contributed by atoms with Gasteiger partial charge in [0.05, 0.1) is 0 Å². The molecule has 0 fully saturated rings. The Kier molecular flexibility index (Phi) is 2.38. The number of thiocarbonyl (C=S) groups is 1. The van der Waals surface area contributed by atoms with Gasteiger partial charge in [0.15, 0.2) is 0 Å². The van der Waals surface area contributed by atoms with Gasteiger partial charge < -0.3 is 5.73 Å². The summed E-state index contributed by atoms with van der Waals surface area (Å²) in [6.45, 7) is 1.47. The third kappa shape index (κ3) is 1.58. The van der Waals surface area contributed by atoms with Crippen LogP contribution in [0.1, 0.15) is 11.1 Å². The standard InChI is InChI=1S/C8H7F2NS/c1-4-2-7(10)5(8(11)12)3-6(4)9/h2-3H,1H3,(H2,11,12). The van der Waals surface area contributed by atoms with Crippen LogP contribution in [0.3, 0.4) is 0 Å². The zero-order valence-corrected chi connectivity index (χ0v) is 7.21. The predicted octanol–water partition coefficient (Wildman–Crippen LogP) is 1.91. The maximum absolute atomic E-state index is 12.9. The lowest BCUT2D eigenvalue weighted by Gasteiger charge is -2.02. The number of aryl methyl sites for hydroxylation is 1. The third-order valence-corrected chi connectivity index (χ3v) is 1.73. The van der Waals surface area contributed by atoms with Gasteiger partial charge in [-0.3, -0.25) is 0 Å². The summed E-state index contributed by atoms with van der Waals surface area (Å²) >= 11 is 4.52. The fourth-order valence-electron chi connectivity index (χ4n) is 0.835. The molecule has 0 aliphatic rings. The molecule has 1 nitrogen and oxygen atoms in total. The van der Waals surface area contributed by atoms with Gasteiger partial charge >= 0.3 is 0 Å². The zero-order chi connectivity index (χ0) is 9.30. The van der Waals surface area contributed by atoms with E-state index in [0.29, 0.717) is 0 Å². The van der Waals surface area contributed by atoms with Crippen molar-refractivity contribution < 1.29 is 8.78 Å². The first-order valence-corrected chi connectivity index (χ1v) is 3.68. The van der Waals surface area contributed by atoms with E-state index in [2.05, 4.69) is 12.2 Å². The Morgan fingerprint density at radius 1 is 1.33 bits per heavy atom. The summed E-state index contributed by atoms with van der Waals surface area (Å²) in [6.07, 6.45) is 0. The average molecular weight is 187 g/mol. The first-order valence-electron chi connectivity index (χ1n) is 3.28. The van der Waals surface area contributed by atoms with Crippen molar-refractivity contribution in [3.8, 4) is 0 Å². The Bertz CT molecular complexity index is 336. The molecule has 0 atom stereocenters. The molecule has 1 rings (SSSR count). The minimum absolute atomic E-state index is 0.0481. The molecular formula is C8H7F2NS. The van der Waals surface area contributed by atoms with Crippen LogP contribution in [0.25, 0.3) is 0 Å². The molecule has 1 aromatic carbocycles. The van der Waals surface area contributed by atoms with Gasteiger partial charge in [-0.1, -0.05) is 12.2 Å². The number of benzene rings is 1. The smallest absolute Gasteiger partial charge is 0.133 e. The van der Waals surface area contributed by atoms with E-state index >= 15 is 0 Å². The molecule has 4 heteroatoms. The molecule has 0 saturated heterocycles. The number of halogens is 2. The van der Waals surface area contributed by atoms with Crippen molar-refractivity contribution in [1.82, 2.24) is 0 Å². The zero-order valence-electron chi connectivity index (χ0n) is 6.40. The van der Waals surface area contributed by atoms with E-state index in [9.17, 15) is 8.78 Å². The molecule has 0 radical (unpaired) electrons. The maximum Gasteiger partial charge on any atom is 0.133 e. The van der Waals surface area contributed by atoms with Gasteiger partial charge in [0.2, 0.25) is 0 Å². The summed E-state index contributed by atoms with van der Waals surface area (Å²) in [5, 5.41) is 0. The highest BCUT2D eigenvalue weighted by Crippen LogP contribution is 2.13. The summed E-state index contributed by atoms with van der Waals surface area (Å²) in [5.74, 6) is -1.08. The Hall–Kier alpha value is -1.03. The predicted molar refractivity (Wildman–Crippen MR) is 47.0 cm³/mol. The van der Waals surface area contributed by atoms with E-state index in [4.69, 9.17) is 5.73 Å². The van der Waals surface area contributed by atoms with Crippen molar-refractivity contribution in [2.45, 2.75) is 6.92 Å². The largest absolute Gasteiger partial charge is 0.389 e. The first kappa shape index (κ1) is 9.06. The second kappa shape index (κ2) is 3.15. The van der Waals surface area contributed by atoms with Crippen LogP contribution in [-0.2, 0) is 0 Å². The second-order valence-electron chi connectivity index (χ2n) is 2.45. The van der Waals surface area contributed by atoms with E-state index in [1.54, 1.807) is 0 Å². The normalized spacial score (nSPS) is 9.92. The van der Waals surface area contributed by atoms with Crippen molar-refractivity contribution in [2.75, 3.05) is 0 Å². The molecule has 64 valence electrons. The summed E-state index contributed by atoms with van der Waals surface area (Å²) in [5.41, 5.74) is 5.35. The average Bonchev–Trinajstić information content (AvgIpc) is 1.96. The van der Waals surface area contributed by atoms with Gasteiger partial charge in [0.25, 0.3) is 0 Å². The van der Waals surface area contributed by atoms with Crippen LogP contribution >= 0.6 is 12.2 Å². The highest BCUT2D eigenvalue weighted by Gasteiger charge is 2.08. The summed E-state index contributed by atoms with van der Waals surface area (Å²) in [4.78, 5) is -0.133. The monoisotopic (exact) mass is 187 g/mol. The van der Waals surface area contributed by atoms with Crippen molar-refractivity contribution in [3.05, 3.63) is 34.9 Å². The van der Waals surface area contributed by atoms with Crippen molar-refractivity contribution in [1.29, 1.82) is 0 Å². The molecule has 0 spiro atoms. The summed E-state index contributed by atoms with van der Waals surface area (Å²) in [6, 6.07) is 2.08. The summed E-state index contributed by atoms with van der Waals surface area (Å²) in [7, 11) is 0. The van der Waals surface area contributed by atoms with Crippen molar-refractivity contribution in [2.24, 2.45) is 5.73 Å².